The lowest BCUT2D eigenvalue weighted by atomic mass is 9.71. The van der Waals surface area contributed by atoms with E-state index >= 15 is 0 Å². The summed E-state index contributed by atoms with van der Waals surface area (Å²) in [6.07, 6.45) is -24.1. The van der Waals surface area contributed by atoms with Crippen molar-refractivity contribution in [1.29, 1.82) is 0 Å². The third kappa shape index (κ3) is 7.73. The molecule has 0 aliphatic carbocycles. The van der Waals surface area contributed by atoms with Gasteiger partial charge in [0.25, 0.3) is 0 Å². The van der Waals surface area contributed by atoms with E-state index in [1.54, 1.807) is 0 Å². The molecule has 214 valence electrons. The first kappa shape index (κ1) is 34.0. The van der Waals surface area contributed by atoms with E-state index in [9.17, 15) is 76.2 Å². The Hall–Kier alpha value is -2.04. The second-order valence-corrected chi connectivity index (χ2v) is 8.15. The Morgan fingerprint density at radius 1 is 0.528 bits per heavy atom. The molecular formula is C18H20F14O4. The Morgan fingerprint density at radius 3 is 1.17 bits per heavy atom. The highest BCUT2D eigenvalue weighted by Gasteiger charge is 2.77. The predicted octanol–water partition coefficient (Wildman–Crippen LogP) is 7.32. The molecule has 0 aliphatic heterocycles. The number of hydrogen-bond donors (Lipinski definition) is 2. The van der Waals surface area contributed by atoms with E-state index in [-0.39, 0.29) is 32.1 Å². The van der Waals surface area contributed by atoms with Gasteiger partial charge in [0, 0.05) is 19.3 Å². The maximum Gasteiger partial charge on any atom is 0.459 e. The van der Waals surface area contributed by atoms with Gasteiger partial charge in [-0.2, -0.15) is 61.5 Å². The summed E-state index contributed by atoms with van der Waals surface area (Å²) in [6.45, 7) is 0. The fourth-order valence-electron chi connectivity index (χ4n) is 3.25. The molecule has 0 spiro atoms. The van der Waals surface area contributed by atoms with Crippen LogP contribution in [0.25, 0.3) is 0 Å². The topological polar surface area (TPSA) is 74.6 Å². The summed E-state index contributed by atoms with van der Waals surface area (Å²) < 4.78 is 184. The molecule has 0 aromatic rings. The predicted molar refractivity (Wildman–Crippen MR) is 91.2 cm³/mol. The van der Waals surface area contributed by atoms with Gasteiger partial charge in [-0.3, -0.25) is 9.59 Å². The molecule has 0 saturated heterocycles. The Balaban J connectivity index is 6.24. The molecule has 0 bridgehead atoms. The summed E-state index contributed by atoms with van der Waals surface area (Å²) in [7, 11) is 0. The van der Waals surface area contributed by atoms with Crippen LogP contribution in [0.3, 0.4) is 0 Å². The minimum absolute atomic E-state index is 0.00512. The number of rotatable bonds is 15. The van der Waals surface area contributed by atoms with Crippen LogP contribution in [0.5, 0.6) is 0 Å². The number of alkyl halides is 14. The van der Waals surface area contributed by atoms with Gasteiger partial charge in [-0.05, 0) is 12.8 Å². The largest absolute Gasteiger partial charge is 0.481 e. The Labute approximate surface area is 193 Å². The van der Waals surface area contributed by atoms with Crippen molar-refractivity contribution < 1.29 is 81.3 Å². The van der Waals surface area contributed by atoms with Gasteiger partial charge in [0.15, 0.2) is 0 Å². The number of unbranched alkanes of at least 4 members (excludes halogenated alkanes) is 4. The smallest absolute Gasteiger partial charge is 0.459 e. The molecule has 0 heterocycles. The average Bonchev–Trinajstić information content (AvgIpc) is 2.63. The highest BCUT2D eigenvalue weighted by molar-refractivity contribution is 5.75. The van der Waals surface area contributed by atoms with Crippen molar-refractivity contribution in [3.63, 3.8) is 0 Å². The van der Waals surface area contributed by atoms with Crippen molar-refractivity contribution >= 4 is 11.9 Å². The summed E-state index contributed by atoms with van der Waals surface area (Å²) >= 11 is 0. The summed E-state index contributed by atoms with van der Waals surface area (Å²) in [4.78, 5) is 22.0. The average molecular weight is 566 g/mol. The first-order chi connectivity index (χ1) is 15.8. The van der Waals surface area contributed by atoms with Crippen molar-refractivity contribution in [1.82, 2.24) is 0 Å². The summed E-state index contributed by atoms with van der Waals surface area (Å²) in [6, 6.07) is 0. The Kier molecular flexibility index (Phi) is 10.5. The molecule has 36 heavy (non-hydrogen) atoms. The molecule has 0 aromatic heterocycles. The lowest BCUT2D eigenvalue weighted by molar-refractivity contribution is -0.369. The Morgan fingerprint density at radius 2 is 0.861 bits per heavy atom. The van der Waals surface area contributed by atoms with E-state index < -0.39 is 79.1 Å². The van der Waals surface area contributed by atoms with Gasteiger partial charge in [-0.15, -0.1) is 0 Å². The van der Waals surface area contributed by atoms with E-state index in [1.165, 1.54) is 0 Å². The fourth-order valence-corrected chi connectivity index (χ4v) is 3.25. The molecule has 0 radical (unpaired) electrons. The molecule has 0 fully saturated rings. The summed E-state index contributed by atoms with van der Waals surface area (Å²) in [5.41, 5.74) is -4.28. The Bertz CT molecular complexity index is 718. The van der Waals surface area contributed by atoms with Crippen molar-refractivity contribution in [2.45, 2.75) is 93.8 Å². The zero-order valence-corrected chi connectivity index (χ0v) is 17.9. The highest BCUT2D eigenvalue weighted by Crippen LogP contribution is 2.57. The maximum absolute atomic E-state index is 14.0. The summed E-state index contributed by atoms with van der Waals surface area (Å²) in [5.74, 6) is -31.4. The van der Waals surface area contributed by atoms with Crippen LogP contribution in [-0.4, -0.2) is 58.2 Å². The van der Waals surface area contributed by atoms with Crippen molar-refractivity contribution in [2.24, 2.45) is 5.41 Å². The third-order valence-electron chi connectivity index (χ3n) is 5.25. The molecule has 0 atom stereocenters. The monoisotopic (exact) mass is 566 g/mol. The molecule has 0 aliphatic rings. The summed E-state index contributed by atoms with van der Waals surface area (Å²) in [5, 5.41) is 17.7. The molecule has 0 amide bonds. The molecular weight excluding hydrogens is 546 g/mol. The quantitative estimate of drug-likeness (QED) is 0.161. The zero-order chi connectivity index (χ0) is 29.0. The second-order valence-electron chi connectivity index (χ2n) is 8.15. The van der Waals surface area contributed by atoms with Gasteiger partial charge in [0.2, 0.25) is 0 Å². The van der Waals surface area contributed by atoms with E-state index in [1.807, 2.05) is 0 Å². The first-order valence-corrected chi connectivity index (χ1v) is 9.87. The van der Waals surface area contributed by atoms with E-state index in [0.29, 0.717) is 0 Å². The van der Waals surface area contributed by atoms with Crippen molar-refractivity contribution in [3.05, 3.63) is 0 Å². The molecule has 4 nitrogen and oxygen atoms in total. The van der Waals surface area contributed by atoms with Gasteiger partial charge in [-0.25, -0.2) is 0 Å². The van der Waals surface area contributed by atoms with Crippen molar-refractivity contribution in [2.75, 3.05) is 0 Å². The van der Waals surface area contributed by atoms with E-state index in [0.717, 1.165) is 0 Å². The molecule has 0 rings (SSSR count). The number of carboxylic acid groups (broad SMARTS) is 2. The number of carboxylic acids is 2. The van der Waals surface area contributed by atoms with Crippen LogP contribution in [-0.2, 0) is 9.59 Å². The SMILES string of the molecule is O=C(O)CCCCCCCC(CC(F)(F)C(F)(F)C(F)(F)F)(CC(F)(F)C(F)(F)C(F)(F)F)C(=O)O. The maximum atomic E-state index is 14.0. The molecule has 18 heteroatoms. The van der Waals surface area contributed by atoms with Crippen LogP contribution in [0.2, 0.25) is 0 Å². The number of halogens is 14. The van der Waals surface area contributed by atoms with Gasteiger partial charge in [0.1, 0.15) is 0 Å². The van der Waals surface area contributed by atoms with Crippen LogP contribution < -0.4 is 0 Å². The lowest BCUT2D eigenvalue weighted by Gasteiger charge is -2.39. The van der Waals surface area contributed by atoms with Gasteiger partial charge < -0.3 is 10.2 Å². The highest BCUT2D eigenvalue weighted by atomic mass is 19.4. The van der Waals surface area contributed by atoms with Crippen LogP contribution in [0.1, 0.15) is 57.8 Å². The standard InChI is InChI=1S/C18H20F14O4/c19-13(20,15(23,24)17(27,28)29)8-12(11(35)36,7-5-3-1-2-4-6-10(33)34)9-14(21,22)16(25,26)18(30,31)32/h1-9H2,(H,33,34)(H,35,36). The van der Waals surface area contributed by atoms with Crippen LogP contribution in [0.15, 0.2) is 0 Å². The first-order valence-electron chi connectivity index (χ1n) is 9.87. The van der Waals surface area contributed by atoms with Gasteiger partial charge in [0.05, 0.1) is 5.41 Å². The van der Waals surface area contributed by atoms with Crippen LogP contribution >= 0.6 is 0 Å². The van der Waals surface area contributed by atoms with Crippen molar-refractivity contribution in [3.8, 4) is 0 Å². The number of hydrogen-bond acceptors (Lipinski definition) is 2. The molecule has 2 N–H and O–H groups in total. The minimum atomic E-state index is -7.07. The minimum Gasteiger partial charge on any atom is -0.481 e. The van der Waals surface area contributed by atoms with Crippen LogP contribution in [0.4, 0.5) is 61.5 Å². The lowest BCUT2D eigenvalue weighted by Crippen LogP contribution is -2.58. The number of aliphatic carboxylic acids is 2. The fraction of sp³-hybridized carbons (Fsp3) is 0.889. The van der Waals surface area contributed by atoms with Gasteiger partial charge >= 0.3 is 48.0 Å². The molecule has 0 saturated carbocycles. The normalized spacial score (nSPS) is 14.7. The van der Waals surface area contributed by atoms with Gasteiger partial charge in [-0.1, -0.05) is 25.7 Å². The van der Waals surface area contributed by atoms with E-state index in [2.05, 4.69) is 0 Å². The molecule has 0 unspecified atom stereocenters. The molecule has 0 aromatic carbocycles. The number of carbonyl (C=O) groups is 2. The second kappa shape index (κ2) is 11.1. The zero-order valence-electron chi connectivity index (χ0n) is 17.9. The van der Waals surface area contributed by atoms with E-state index in [4.69, 9.17) is 5.11 Å². The third-order valence-corrected chi connectivity index (χ3v) is 5.25. The van der Waals surface area contributed by atoms with Crippen LogP contribution in [0, 0.1) is 5.41 Å².